The number of nitrogens with zero attached hydrogens (tertiary/aromatic N) is 1. The molecule has 1 unspecified atom stereocenters. The standard InChI is InChI=1S/C16H26N2O3/c1-12(17)10-13-11-14(20-4)7-8-15(13)21-9-5-6-16(19)18(2)3/h7-8,11-12H,5-6,9-10,17H2,1-4H3. The van der Waals surface area contributed by atoms with Gasteiger partial charge >= 0.3 is 0 Å². The molecule has 0 bridgehead atoms. The molecule has 0 fully saturated rings. The van der Waals surface area contributed by atoms with Gasteiger partial charge in [-0.1, -0.05) is 0 Å². The second kappa shape index (κ2) is 8.52. The molecule has 1 atom stereocenters. The first-order valence-electron chi connectivity index (χ1n) is 7.19. The van der Waals surface area contributed by atoms with Gasteiger partial charge in [0, 0.05) is 26.6 Å². The van der Waals surface area contributed by atoms with Crippen molar-refractivity contribution in [3.63, 3.8) is 0 Å². The quantitative estimate of drug-likeness (QED) is 0.743. The van der Waals surface area contributed by atoms with Crippen LogP contribution < -0.4 is 15.2 Å². The van der Waals surface area contributed by atoms with Crippen LogP contribution in [0.4, 0.5) is 0 Å². The van der Waals surface area contributed by atoms with Gasteiger partial charge in [-0.15, -0.1) is 0 Å². The fourth-order valence-electron chi connectivity index (χ4n) is 1.96. The molecule has 1 aromatic rings. The van der Waals surface area contributed by atoms with Gasteiger partial charge in [-0.05, 0) is 43.5 Å². The fraction of sp³-hybridized carbons (Fsp3) is 0.562. The van der Waals surface area contributed by atoms with Gasteiger partial charge in [0.1, 0.15) is 11.5 Å². The molecule has 0 saturated heterocycles. The monoisotopic (exact) mass is 294 g/mol. The second-order valence-corrected chi connectivity index (χ2v) is 5.40. The summed E-state index contributed by atoms with van der Waals surface area (Å²) in [6.07, 6.45) is 1.91. The van der Waals surface area contributed by atoms with Crippen molar-refractivity contribution >= 4 is 5.91 Å². The van der Waals surface area contributed by atoms with Crippen LogP contribution in [0, 0.1) is 0 Å². The number of carbonyl (C=O) groups is 1. The van der Waals surface area contributed by atoms with E-state index >= 15 is 0 Å². The zero-order valence-electron chi connectivity index (χ0n) is 13.4. The van der Waals surface area contributed by atoms with Gasteiger partial charge in [-0.3, -0.25) is 4.79 Å². The molecule has 1 aromatic carbocycles. The van der Waals surface area contributed by atoms with E-state index in [1.165, 1.54) is 0 Å². The molecule has 0 saturated carbocycles. The maximum atomic E-state index is 11.5. The van der Waals surface area contributed by atoms with E-state index in [0.29, 0.717) is 19.4 Å². The Morgan fingerprint density at radius 1 is 1.38 bits per heavy atom. The van der Waals surface area contributed by atoms with E-state index in [0.717, 1.165) is 23.5 Å². The summed E-state index contributed by atoms with van der Waals surface area (Å²) >= 11 is 0. The highest BCUT2D eigenvalue weighted by Gasteiger charge is 2.09. The highest BCUT2D eigenvalue weighted by molar-refractivity contribution is 5.75. The van der Waals surface area contributed by atoms with E-state index in [9.17, 15) is 4.79 Å². The topological polar surface area (TPSA) is 64.8 Å². The predicted molar refractivity (Wildman–Crippen MR) is 83.8 cm³/mol. The highest BCUT2D eigenvalue weighted by atomic mass is 16.5. The summed E-state index contributed by atoms with van der Waals surface area (Å²) in [6.45, 7) is 2.47. The van der Waals surface area contributed by atoms with E-state index < -0.39 is 0 Å². The van der Waals surface area contributed by atoms with Crippen molar-refractivity contribution in [1.82, 2.24) is 4.90 Å². The minimum Gasteiger partial charge on any atom is -0.497 e. The number of hydrogen-bond acceptors (Lipinski definition) is 4. The molecule has 5 heteroatoms. The van der Waals surface area contributed by atoms with Gasteiger partial charge in [0.2, 0.25) is 5.91 Å². The van der Waals surface area contributed by atoms with Gasteiger partial charge in [-0.25, -0.2) is 0 Å². The Bertz CT molecular complexity index is 459. The van der Waals surface area contributed by atoms with E-state index in [1.807, 2.05) is 25.1 Å². The first kappa shape index (κ1) is 17.3. The Kier molecular flexibility index (Phi) is 7.02. The molecule has 0 aliphatic rings. The van der Waals surface area contributed by atoms with Gasteiger partial charge in [0.05, 0.1) is 13.7 Å². The van der Waals surface area contributed by atoms with Gasteiger partial charge in [-0.2, -0.15) is 0 Å². The van der Waals surface area contributed by atoms with Crippen LogP contribution in [0.25, 0.3) is 0 Å². The van der Waals surface area contributed by atoms with Crippen LogP contribution in [0.1, 0.15) is 25.3 Å². The lowest BCUT2D eigenvalue weighted by Crippen LogP contribution is -2.22. The van der Waals surface area contributed by atoms with Crippen LogP contribution in [0.2, 0.25) is 0 Å². The van der Waals surface area contributed by atoms with Gasteiger partial charge < -0.3 is 20.1 Å². The summed E-state index contributed by atoms with van der Waals surface area (Å²) in [5, 5.41) is 0. The molecule has 1 rings (SSSR count). The average Bonchev–Trinajstić information content (AvgIpc) is 2.43. The summed E-state index contributed by atoms with van der Waals surface area (Å²) in [4.78, 5) is 13.1. The van der Waals surface area contributed by atoms with Crippen LogP contribution in [-0.2, 0) is 11.2 Å². The minimum atomic E-state index is 0.0507. The fourth-order valence-corrected chi connectivity index (χ4v) is 1.96. The highest BCUT2D eigenvalue weighted by Crippen LogP contribution is 2.25. The van der Waals surface area contributed by atoms with Crippen molar-refractivity contribution in [3.8, 4) is 11.5 Å². The molecule has 0 aliphatic heterocycles. The molecule has 0 aliphatic carbocycles. The van der Waals surface area contributed by atoms with Gasteiger partial charge in [0.15, 0.2) is 0 Å². The maximum absolute atomic E-state index is 11.5. The first-order chi connectivity index (χ1) is 9.93. The molecule has 2 N–H and O–H groups in total. The van der Waals surface area contributed by atoms with E-state index in [4.69, 9.17) is 15.2 Å². The van der Waals surface area contributed by atoms with E-state index in [-0.39, 0.29) is 11.9 Å². The molecular weight excluding hydrogens is 268 g/mol. The summed E-state index contributed by atoms with van der Waals surface area (Å²) in [6, 6.07) is 5.76. The van der Waals surface area contributed by atoms with E-state index in [2.05, 4.69) is 0 Å². The van der Waals surface area contributed by atoms with Crippen molar-refractivity contribution < 1.29 is 14.3 Å². The molecule has 21 heavy (non-hydrogen) atoms. The summed E-state index contributed by atoms with van der Waals surface area (Å²) < 4.78 is 11.0. The second-order valence-electron chi connectivity index (χ2n) is 5.40. The third-order valence-corrected chi connectivity index (χ3v) is 3.10. The van der Waals surface area contributed by atoms with Crippen LogP contribution in [0.15, 0.2) is 18.2 Å². The first-order valence-corrected chi connectivity index (χ1v) is 7.19. The third kappa shape index (κ3) is 6.04. The maximum Gasteiger partial charge on any atom is 0.222 e. The number of nitrogens with two attached hydrogens (primary N) is 1. The van der Waals surface area contributed by atoms with Crippen LogP contribution >= 0.6 is 0 Å². The molecule has 118 valence electrons. The lowest BCUT2D eigenvalue weighted by molar-refractivity contribution is -0.128. The molecule has 0 heterocycles. The minimum absolute atomic E-state index is 0.0507. The molecule has 0 spiro atoms. The molecular formula is C16H26N2O3. The normalized spacial score (nSPS) is 11.9. The van der Waals surface area contributed by atoms with Gasteiger partial charge in [0.25, 0.3) is 0 Å². The lowest BCUT2D eigenvalue weighted by Gasteiger charge is -2.15. The zero-order chi connectivity index (χ0) is 15.8. The Morgan fingerprint density at radius 3 is 2.67 bits per heavy atom. The van der Waals surface area contributed by atoms with Crippen molar-refractivity contribution in [3.05, 3.63) is 23.8 Å². The molecule has 1 amide bonds. The van der Waals surface area contributed by atoms with Crippen molar-refractivity contribution in [1.29, 1.82) is 0 Å². The third-order valence-electron chi connectivity index (χ3n) is 3.10. The number of benzene rings is 1. The lowest BCUT2D eigenvalue weighted by atomic mass is 10.1. The number of amides is 1. The predicted octanol–water partition coefficient (Wildman–Crippen LogP) is 1.83. The number of methoxy groups -OCH3 is 1. The van der Waals surface area contributed by atoms with E-state index in [1.54, 1.807) is 26.1 Å². The Balaban J connectivity index is 2.59. The van der Waals surface area contributed by atoms with Crippen molar-refractivity contribution in [2.45, 2.75) is 32.2 Å². The number of hydrogen-bond donors (Lipinski definition) is 1. The Morgan fingerprint density at radius 2 is 2.10 bits per heavy atom. The summed E-state index contributed by atoms with van der Waals surface area (Å²) in [7, 11) is 5.15. The summed E-state index contributed by atoms with van der Waals surface area (Å²) in [5.41, 5.74) is 6.90. The molecule has 0 aromatic heterocycles. The molecule has 0 radical (unpaired) electrons. The Labute approximate surface area is 127 Å². The number of ether oxygens (including phenoxy) is 2. The van der Waals surface area contributed by atoms with Crippen LogP contribution in [0.5, 0.6) is 11.5 Å². The van der Waals surface area contributed by atoms with Crippen molar-refractivity contribution in [2.75, 3.05) is 27.8 Å². The van der Waals surface area contributed by atoms with Crippen molar-refractivity contribution in [2.24, 2.45) is 5.73 Å². The van der Waals surface area contributed by atoms with Crippen LogP contribution in [-0.4, -0.2) is 44.7 Å². The largest absolute Gasteiger partial charge is 0.497 e. The number of rotatable bonds is 8. The number of carbonyl (C=O) groups excluding carboxylic acids is 1. The summed E-state index contributed by atoms with van der Waals surface area (Å²) in [5.74, 6) is 1.72. The SMILES string of the molecule is COc1ccc(OCCCC(=O)N(C)C)c(CC(C)N)c1. The van der Waals surface area contributed by atoms with Crippen LogP contribution in [0.3, 0.4) is 0 Å². The Hall–Kier alpha value is -1.75. The average molecular weight is 294 g/mol. The molecule has 5 nitrogen and oxygen atoms in total. The smallest absolute Gasteiger partial charge is 0.222 e. The zero-order valence-corrected chi connectivity index (χ0v) is 13.4.